The summed E-state index contributed by atoms with van der Waals surface area (Å²) in [6.07, 6.45) is 11.0. The predicted molar refractivity (Wildman–Crippen MR) is 113 cm³/mol. The van der Waals surface area contributed by atoms with Gasteiger partial charge in [-0.15, -0.1) is 0 Å². The van der Waals surface area contributed by atoms with Gasteiger partial charge in [-0.1, -0.05) is 64.2 Å². The van der Waals surface area contributed by atoms with Gasteiger partial charge in [0, 0.05) is 12.8 Å². The summed E-state index contributed by atoms with van der Waals surface area (Å²) in [5.74, 6) is 0. The summed E-state index contributed by atoms with van der Waals surface area (Å²) in [6, 6.07) is 0. The maximum absolute atomic E-state index is 11.0. The first kappa shape index (κ1) is 34.3. The van der Waals surface area contributed by atoms with Crippen LogP contribution < -0.4 is 0 Å². The Morgan fingerprint density at radius 1 is 0.464 bits per heavy atom. The summed E-state index contributed by atoms with van der Waals surface area (Å²) >= 11 is 0. The van der Waals surface area contributed by atoms with Gasteiger partial charge < -0.3 is 19.6 Å². The summed E-state index contributed by atoms with van der Waals surface area (Å²) in [5, 5.41) is 0. The standard InChI is InChI=1S/C16H32O8P2.2Na.2H/c17-15(25(19,20)21)13-11-9-7-5-3-1-2-4-6-8-10-12-14-16(18)26(22,23)24;;;;/h1-14H2,(H2,19,20,21)(H2,22,23,24);;;;. The molecule has 8 nitrogen and oxygen atoms in total. The molecule has 4 N–H and O–H groups in total. The van der Waals surface area contributed by atoms with Gasteiger partial charge in [0.2, 0.25) is 11.0 Å². The molecule has 0 aliphatic rings. The van der Waals surface area contributed by atoms with Crippen LogP contribution in [0.1, 0.15) is 89.9 Å². The third kappa shape index (κ3) is 20.9. The molecule has 0 saturated carbocycles. The number of unbranched alkanes of at least 4 members (excludes halogenated alkanes) is 11. The zero-order valence-corrected chi connectivity index (χ0v) is 17.0. The number of rotatable bonds is 17. The Morgan fingerprint density at radius 3 is 0.821 bits per heavy atom. The number of carbonyl (C=O) groups is 2. The third-order valence-corrected chi connectivity index (χ3v) is 5.93. The Morgan fingerprint density at radius 2 is 0.643 bits per heavy atom. The fraction of sp³-hybridized carbons (Fsp3) is 0.875. The molecular formula is C16H34Na2O8P2. The van der Waals surface area contributed by atoms with Gasteiger partial charge in [-0.25, -0.2) is 0 Å². The Balaban J connectivity index is -0.00000312. The van der Waals surface area contributed by atoms with Crippen molar-refractivity contribution in [3.05, 3.63) is 0 Å². The van der Waals surface area contributed by atoms with Crippen LogP contribution in [0.15, 0.2) is 0 Å². The third-order valence-electron chi connectivity index (χ3n) is 4.18. The minimum absolute atomic E-state index is 0. The second-order valence-corrected chi connectivity index (χ2v) is 9.79. The van der Waals surface area contributed by atoms with Crippen LogP contribution in [0, 0.1) is 0 Å². The van der Waals surface area contributed by atoms with Gasteiger partial charge in [0.25, 0.3) is 0 Å². The van der Waals surface area contributed by atoms with E-state index in [1.807, 2.05) is 0 Å². The summed E-state index contributed by atoms with van der Waals surface area (Å²) in [6.45, 7) is 0. The van der Waals surface area contributed by atoms with Crippen molar-refractivity contribution in [1.82, 2.24) is 0 Å². The van der Waals surface area contributed by atoms with Crippen LogP contribution in [0.2, 0.25) is 0 Å². The second-order valence-electron chi connectivity index (χ2n) is 6.62. The van der Waals surface area contributed by atoms with Crippen LogP contribution in [-0.2, 0) is 18.7 Å². The first-order valence-corrected chi connectivity index (χ1v) is 12.5. The molecule has 0 amide bonds. The monoisotopic (exact) mass is 462 g/mol. The number of carbonyl (C=O) groups excluding carboxylic acids is 2. The van der Waals surface area contributed by atoms with Crippen LogP contribution in [-0.4, -0.2) is 89.7 Å². The molecule has 0 rings (SSSR count). The van der Waals surface area contributed by atoms with Crippen molar-refractivity contribution in [2.45, 2.75) is 89.9 Å². The zero-order valence-electron chi connectivity index (χ0n) is 15.2. The first-order valence-electron chi connectivity index (χ1n) is 9.23. The molecule has 28 heavy (non-hydrogen) atoms. The van der Waals surface area contributed by atoms with E-state index >= 15 is 0 Å². The van der Waals surface area contributed by atoms with E-state index in [1.54, 1.807) is 0 Å². The molecule has 0 unspecified atom stereocenters. The first-order chi connectivity index (χ1) is 12.0. The number of hydrogen-bond donors (Lipinski definition) is 4. The molecule has 0 aromatic heterocycles. The number of hydrogen-bond acceptors (Lipinski definition) is 4. The normalized spacial score (nSPS) is 11.4. The van der Waals surface area contributed by atoms with Crippen LogP contribution >= 0.6 is 15.2 Å². The van der Waals surface area contributed by atoms with Gasteiger partial charge in [0.1, 0.15) is 0 Å². The Kier molecular flexibility index (Phi) is 23.7. The summed E-state index contributed by atoms with van der Waals surface area (Å²) in [5.41, 5.74) is -1.94. The van der Waals surface area contributed by atoms with E-state index in [2.05, 4.69) is 0 Å². The van der Waals surface area contributed by atoms with Crippen molar-refractivity contribution in [2.24, 2.45) is 0 Å². The molecule has 0 fully saturated rings. The zero-order chi connectivity index (χ0) is 20.1. The molecule has 0 aromatic rings. The molecule has 0 radical (unpaired) electrons. The molecule has 158 valence electrons. The molecule has 12 heteroatoms. The Hall–Kier alpha value is 1.64. The fourth-order valence-corrected chi connectivity index (χ4v) is 3.51. The van der Waals surface area contributed by atoms with Crippen molar-refractivity contribution in [3.8, 4) is 0 Å². The maximum atomic E-state index is 11.0. The van der Waals surface area contributed by atoms with E-state index in [9.17, 15) is 18.7 Å². The summed E-state index contributed by atoms with van der Waals surface area (Å²) < 4.78 is 21.3. The van der Waals surface area contributed by atoms with E-state index in [-0.39, 0.29) is 72.0 Å². The van der Waals surface area contributed by atoms with Crippen LogP contribution in [0.4, 0.5) is 0 Å². The van der Waals surface area contributed by atoms with Crippen molar-refractivity contribution in [2.75, 3.05) is 0 Å². The average molecular weight is 462 g/mol. The van der Waals surface area contributed by atoms with E-state index < -0.39 is 26.2 Å². The molecule has 0 aliphatic carbocycles. The summed E-state index contributed by atoms with van der Waals surface area (Å²) in [7, 11) is -9.09. The predicted octanol–water partition coefficient (Wildman–Crippen LogP) is 2.56. The van der Waals surface area contributed by atoms with Crippen molar-refractivity contribution < 1.29 is 38.3 Å². The molecule has 0 aromatic carbocycles. The molecule has 0 bridgehead atoms. The Bertz CT molecular complexity index is 473. The molecule has 0 spiro atoms. The van der Waals surface area contributed by atoms with Gasteiger partial charge in [0.05, 0.1) is 0 Å². The van der Waals surface area contributed by atoms with Gasteiger partial charge in [-0.2, -0.15) is 0 Å². The molecule has 0 aliphatic heterocycles. The van der Waals surface area contributed by atoms with E-state index in [4.69, 9.17) is 19.6 Å². The quantitative estimate of drug-likeness (QED) is 0.146. The van der Waals surface area contributed by atoms with Crippen LogP contribution in [0.25, 0.3) is 0 Å². The Labute approximate surface area is 211 Å². The van der Waals surface area contributed by atoms with E-state index in [0.29, 0.717) is 12.8 Å². The molecule has 0 saturated heterocycles. The SMILES string of the molecule is O=C(CCCCCCCCCCCCCCC(=O)P(=O)(O)O)P(=O)(O)O.[NaH].[NaH]. The van der Waals surface area contributed by atoms with Crippen molar-refractivity contribution >= 4 is 85.4 Å². The fourth-order valence-electron chi connectivity index (χ4n) is 2.61. The van der Waals surface area contributed by atoms with Gasteiger partial charge in [0.15, 0.2) is 0 Å². The topological polar surface area (TPSA) is 149 Å². The van der Waals surface area contributed by atoms with Crippen LogP contribution in [0.3, 0.4) is 0 Å². The van der Waals surface area contributed by atoms with Crippen LogP contribution in [0.5, 0.6) is 0 Å². The van der Waals surface area contributed by atoms with Gasteiger partial charge >= 0.3 is 74.3 Å². The average Bonchev–Trinajstić information content (AvgIpc) is 2.52. The second kappa shape index (κ2) is 19.3. The van der Waals surface area contributed by atoms with E-state index in [1.165, 1.54) is 0 Å². The molecule has 0 atom stereocenters. The van der Waals surface area contributed by atoms with Crippen molar-refractivity contribution in [3.63, 3.8) is 0 Å². The minimum atomic E-state index is -4.54. The van der Waals surface area contributed by atoms with Gasteiger partial charge in [-0.3, -0.25) is 18.7 Å². The summed E-state index contributed by atoms with van der Waals surface area (Å²) in [4.78, 5) is 56.7. The van der Waals surface area contributed by atoms with Gasteiger partial charge in [-0.05, 0) is 12.8 Å². The molecule has 0 heterocycles. The molecular weight excluding hydrogens is 428 g/mol. The van der Waals surface area contributed by atoms with Crippen molar-refractivity contribution in [1.29, 1.82) is 0 Å². The van der Waals surface area contributed by atoms with E-state index in [0.717, 1.165) is 64.2 Å².